The highest BCUT2D eigenvalue weighted by molar-refractivity contribution is 5.89. The molecule has 2 rings (SSSR count). The zero-order chi connectivity index (χ0) is 19.6. The molecule has 150 valence electrons. The van der Waals surface area contributed by atoms with E-state index in [-0.39, 0.29) is 18.0 Å². The largest absolute Gasteiger partial charge is 0.492 e. The van der Waals surface area contributed by atoms with Gasteiger partial charge >= 0.3 is 12.0 Å². The third-order valence-electron chi connectivity index (χ3n) is 5.09. The molecule has 1 aliphatic carbocycles. The van der Waals surface area contributed by atoms with Crippen LogP contribution < -0.4 is 15.4 Å². The van der Waals surface area contributed by atoms with Crippen molar-refractivity contribution in [3.63, 3.8) is 0 Å². The molecule has 7 nitrogen and oxygen atoms in total. The molecule has 1 aromatic rings. The van der Waals surface area contributed by atoms with Crippen molar-refractivity contribution in [3.05, 3.63) is 24.3 Å². The van der Waals surface area contributed by atoms with E-state index >= 15 is 0 Å². The number of nitrogens with one attached hydrogen (secondary N) is 2. The predicted molar refractivity (Wildman–Crippen MR) is 105 cm³/mol. The van der Waals surface area contributed by atoms with Gasteiger partial charge in [-0.25, -0.2) is 4.79 Å². The lowest BCUT2D eigenvalue weighted by Gasteiger charge is -2.26. The molecule has 1 fully saturated rings. The van der Waals surface area contributed by atoms with Crippen LogP contribution in [-0.4, -0.2) is 54.3 Å². The SMILES string of the molecule is CCN(CC)CCOc1ccc(NC(=O)NC2CCC(C(=O)O)CC2)cc1. The first-order chi connectivity index (χ1) is 13.0. The number of anilines is 1. The van der Waals surface area contributed by atoms with Gasteiger partial charge in [-0.3, -0.25) is 4.79 Å². The summed E-state index contributed by atoms with van der Waals surface area (Å²) in [6.45, 7) is 7.80. The molecule has 0 saturated heterocycles. The zero-order valence-corrected chi connectivity index (χ0v) is 16.2. The van der Waals surface area contributed by atoms with Crippen molar-refractivity contribution >= 4 is 17.7 Å². The molecule has 1 aliphatic rings. The Labute approximate surface area is 161 Å². The van der Waals surface area contributed by atoms with Crippen LogP contribution in [0.3, 0.4) is 0 Å². The van der Waals surface area contributed by atoms with Gasteiger partial charge in [0.05, 0.1) is 5.92 Å². The molecule has 3 N–H and O–H groups in total. The van der Waals surface area contributed by atoms with Crippen LogP contribution in [0.2, 0.25) is 0 Å². The van der Waals surface area contributed by atoms with Crippen LogP contribution in [0.5, 0.6) is 5.75 Å². The monoisotopic (exact) mass is 377 g/mol. The van der Waals surface area contributed by atoms with E-state index in [9.17, 15) is 9.59 Å². The standard InChI is InChI=1S/C20H31N3O4/c1-3-23(4-2)13-14-27-18-11-9-17(10-12-18)22-20(26)21-16-7-5-15(6-8-16)19(24)25/h9-12,15-16H,3-8,13-14H2,1-2H3,(H,24,25)(H2,21,22,26). The first kappa shape index (κ1) is 21.0. The van der Waals surface area contributed by atoms with Crippen LogP contribution in [0.1, 0.15) is 39.5 Å². The van der Waals surface area contributed by atoms with Crippen molar-refractivity contribution < 1.29 is 19.4 Å². The van der Waals surface area contributed by atoms with Gasteiger partial charge in [-0.15, -0.1) is 0 Å². The summed E-state index contributed by atoms with van der Waals surface area (Å²) in [5.41, 5.74) is 0.697. The van der Waals surface area contributed by atoms with Crippen molar-refractivity contribution in [2.24, 2.45) is 5.92 Å². The van der Waals surface area contributed by atoms with Crippen LogP contribution in [0, 0.1) is 5.92 Å². The topological polar surface area (TPSA) is 90.9 Å². The number of amides is 2. The fourth-order valence-electron chi connectivity index (χ4n) is 3.30. The highest BCUT2D eigenvalue weighted by atomic mass is 16.5. The Balaban J connectivity index is 1.71. The van der Waals surface area contributed by atoms with Gasteiger partial charge in [-0.2, -0.15) is 0 Å². The predicted octanol–water partition coefficient (Wildman–Crippen LogP) is 3.17. The van der Waals surface area contributed by atoms with Crippen molar-refractivity contribution in [2.75, 3.05) is 31.6 Å². The number of hydrogen-bond acceptors (Lipinski definition) is 4. The number of aliphatic carboxylic acids is 1. The number of carbonyl (C=O) groups is 2. The number of ether oxygens (including phenoxy) is 1. The number of rotatable bonds is 9. The van der Waals surface area contributed by atoms with Gasteiger partial charge in [-0.1, -0.05) is 13.8 Å². The van der Waals surface area contributed by atoms with E-state index in [1.165, 1.54) is 0 Å². The molecule has 0 unspecified atom stereocenters. The molecule has 0 atom stereocenters. The smallest absolute Gasteiger partial charge is 0.319 e. The Hall–Kier alpha value is -2.28. The number of carboxylic acid groups (broad SMARTS) is 1. The first-order valence-electron chi connectivity index (χ1n) is 9.77. The Kier molecular flexibility index (Phi) is 8.39. The van der Waals surface area contributed by atoms with Crippen molar-refractivity contribution in [3.8, 4) is 5.75 Å². The van der Waals surface area contributed by atoms with Crippen LogP contribution in [0.15, 0.2) is 24.3 Å². The maximum Gasteiger partial charge on any atom is 0.319 e. The van der Waals surface area contributed by atoms with Gasteiger partial charge in [0.1, 0.15) is 12.4 Å². The lowest BCUT2D eigenvalue weighted by molar-refractivity contribution is -0.142. The van der Waals surface area contributed by atoms with E-state index in [2.05, 4.69) is 29.4 Å². The highest BCUT2D eigenvalue weighted by Crippen LogP contribution is 2.24. The number of carbonyl (C=O) groups excluding carboxylic acids is 1. The van der Waals surface area contributed by atoms with Crippen LogP contribution in [0.25, 0.3) is 0 Å². The minimum Gasteiger partial charge on any atom is -0.492 e. The van der Waals surface area contributed by atoms with Gasteiger partial charge < -0.3 is 25.4 Å². The molecule has 7 heteroatoms. The average molecular weight is 377 g/mol. The molecule has 1 saturated carbocycles. The lowest BCUT2D eigenvalue weighted by Crippen LogP contribution is -2.40. The molecular formula is C20H31N3O4. The quantitative estimate of drug-likeness (QED) is 0.615. The van der Waals surface area contributed by atoms with Gasteiger partial charge in [0.25, 0.3) is 0 Å². The van der Waals surface area contributed by atoms with E-state index in [0.29, 0.717) is 38.0 Å². The summed E-state index contributed by atoms with van der Waals surface area (Å²) in [5, 5.41) is 14.8. The zero-order valence-electron chi connectivity index (χ0n) is 16.2. The summed E-state index contributed by atoms with van der Waals surface area (Å²) in [4.78, 5) is 25.4. The van der Waals surface area contributed by atoms with E-state index in [0.717, 1.165) is 25.4 Å². The van der Waals surface area contributed by atoms with Gasteiger partial charge in [0.15, 0.2) is 0 Å². The Morgan fingerprint density at radius 3 is 2.30 bits per heavy atom. The third-order valence-corrected chi connectivity index (χ3v) is 5.09. The summed E-state index contributed by atoms with van der Waals surface area (Å²) in [6.07, 6.45) is 2.62. The molecule has 0 heterocycles. The Morgan fingerprint density at radius 1 is 1.11 bits per heavy atom. The second kappa shape index (κ2) is 10.8. The maximum absolute atomic E-state index is 12.1. The number of urea groups is 1. The van der Waals surface area contributed by atoms with Crippen molar-refractivity contribution in [1.82, 2.24) is 10.2 Å². The molecule has 27 heavy (non-hydrogen) atoms. The fourth-order valence-corrected chi connectivity index (χ4v) is 3.30. The molecule has 0 bridgehead atoms. The van der Waals surface area contributed by atoms with Crippen molar-refractivity contribution in [1.29, 1.82) is 0 Å². The van der Waals surface area contributed by atoms with E-state index in [1.807, 2.05) is 24.3 Å². The van der Waals surface area contributed by atoms with E-state index in [4.69, 9.17) is 9.84 Å². The van der Waals surface area contributed by atoms with Gasteiger partial charge in [0, 0.05) is 18.3 Å². The number of hydrogen-bond donors (Lipinski definition) is 3. The summed E-state index contributed by atoms with van der Waals surface area (Å²) >= 11 is 0. The van der Waals surface area contributed by atoms with Gasteiger partial charge in [-0.05, 0) is 63.0 Å². The summed E-state index contributed by atoms with van der Waals surface area (Å²) < 4.78 is 5.73. The second-order valence-corrected chi connectivity index (χ2v) is 6.88. The maximum atomic E-state index is 12.1. The van der Waals surface area contributed by atoms with Crippen LogP contribution in [0.4, 0.5) is 10.5 Å². The average Bonchev–Trinajstić information content (AvgIpc) is 2.67. The molecule has 0 spiro atoms. The number of nitrogens with zero attached hydrogens (tertiary/aromatic N) is 1. The molecule has 2 amide bonds. The Morgan fingerprint density at radius 2 is 1.74 bits per heavy atom. The highest BCUT2D eigenvalue weighted by Gasteiger charge is 2.26. The minimum absolute atomic E-state index is 0.0308. The number of carboxylic acids is 1. The summed E-state index contributed by atoms with van der Waals surface area (Å²) in [7, 11) is 0. The van der Waals surface area contributed by atoms with E-state index < -0.39 is 5.97 Å². The van der Waals surface area contributed by atoms with Crippen LogP contribution >= 0.6 is 0 Å². The minimum atomic E-state index is -0.739. The fraction of sp³-hybridized carbons (Fsp3) is 0.600. The number of likely N-dealkylation sites (N-methyl/N-ethyl adjacent to an activating group) is 1. The molecule has 1 aromatic carbocycles. The van der Waals surface area contributed by atoms with Crippen molar-refractivity contribution in [2.45, 2.75) is 45.6 Å². The third kappa shape index (κ3) is 7.09. The first-order valence-corrected chi connectivity index (χ1v) is 9.77. The second-order valence-electron chi connectivity index (χ2n) is 6.88. The number of benzene rings is 1. The van der Waals surface area contributed by atoms with Crippen LogP contribution in [-0.2, 0) is 4.79 Å². The van der Waals surface area contributed by atoms with Gasteiger partial charge in [0.2, 0.25) is 0 Å². The van der Waals surface area contributed by atoms with E-state index in [1.54, 1.807) is 0 Å². The molecular weight excluding hydrogens is 346 g/mol. The summed E-state index contributed by atoms with van der Waals surface area (Å²) in [5.74, 6) is -0.238. The molecule has 0 radical (unpaired) electrons. The lowest BCUT2D eigenvalue weighted by atomic mass is 9.86. The Bertz CT molecular complexity index is 594. The molecule has 0 aromatic heterocycles. The normalized spacial score (nSPS) is 19.5. The molecule has 0 aliphatic heterocycles. The summed E-state index contributed by atoms with van der Waals surface area (Å²) in [6, 6.07) is 7.08.